The maximum Gasteiger partial charge on any atom is 0.250 e. The average Bonchev–Trinajstić information content (AvgIpc) is 1.95. The molecule has 0 radical (unpaired) electrons. The van der Waals surface area contributed by atoms with Gasteiger partial charge in [0.15, 0.2) is 0 Å². The van der Waals surface area contributed by atoms with Crippen molar-refractivity contribution in [2.75, 3.05) is 0 Å². The number of hydrogen-bond donors (Lipinski definition) is 0. The average molecular weight is 260 g/mol. The summed E-state index contributed by atoms with van der Waals surface area (Å²) in [4.78, 5) is 11.5. The van der Waals surface area contributed by atoms with Crippen LogP contribution in [0.15, 0.2) is 23.0 Å². The second-order valence-corrected chi connectivity index (χ2v) is 14.0. The minimum Gasteiger partial charge on any atom is -0.315 e. The monoisotopic (exact) mass is 259 g/mol. The van der Waals surface area contributed by atoms with E-state index in [0.717, 1.165) is 11.9 Å². The number of nitrogens with zero attached hydrogens (tertiary/aromatic N) is 1. The summed E-state index contributed by atoms with van der Waals surface area (Å²) in [5.74, 6) is 0. The van der Waals surface area contributed by atoms with Gasteiger partial charge < -0.3 is 4.57 Å². The summed E-state index contributed by atoms with van der Waals surface area (Å²) >= 11 is 3.66. The van der Waals surface area contributed by atoms with Gasteiger partial charge in [0, 0.05) is 17.9 Å². The van der Waals surface area contributed by atoms with E-state index in [9.17, 15) is 4.79 Å². The molecule has 0 spiro atoms. The van der Waals surface area contributed by atoms with E-state index in [-0.39, 0.29) is 5.56 Å². The molecule has 0 aliphatic heterocycles. The molecule has 1 aromatic rings. The highest BCUT2D eigenvalue weighted by Gasteiger charge is 2.17. The van der Waals surface area contributed by atoms with Crippen LogP contribution in [0.5, 0.6) is 0 Å². The largest absolute Gasteiger partial charge is 0.315 e. The molecule has 0 atom stereocenters. The lowest BCUT2D eigenvalue weighted by Gasteiger charge is -2.17. The first kappa shape index (κ1) is 10.7. The van der Waals surface area contributed by atoms with Crippen LogP contribution in [0.1, 0.15) is 5.69 Å². The summed E-state index contributed by atoms with van der Waals surface area (Å²) in [6.45, 7) is 4.95. The van der Waals surface area contributed by atoms with Gasteiger partial charge in [0.05, 0.1) is 0 Å². The maximum atomic E-state index is 11.5. The number of hydrogen-bond acceptors (Lipinski definition) is 1. The van der Waals surface area contributed by atoms with Crippen molar-refractivity contribution in [3.8, 4) is 0 Å². The van der Waals surface area contributed by atoms with Gasteiger partial charge in [-0.1, -0.05) is 19.2 Å². The summed E-state index contributed by atoms with van der Waals surface area (Å²) < 4.78 is 1.83. The minimum atomic E-state index is -1.39. The molecular weight excluding hydrogens is 246 g/mol. The molecule has 0 saturated carbocycles. The van der Waals surface area contributed by atoms with Crippen molar-refractivity contribution in [1.82, 2.24) is 4.57 Å². The highest BCUT2D eigenvalue weighted by molar-refractivity contribution is 9.26. The van der Waals surface area contributed by atoms with Crippen molar-refractivity contribution in [3.05, 3.63) is 34.2 Å². The van der Waals surface area contributed by atoms with E-state index in [1.807, 2.05) is 17.6 Å². The van der Waals surface area contributed by atoms with Crippen molar-refractivity contribution in [2.24, 2.45) is 0 Å². The number of aromatic nitrogens is 1. The number of rotatable bonds is 2. The molecule has 0 fully saturated rings. The van der Waals surface area contributed by atoms with Gasteiger partial charge >= 0.3 is 0 Å². The Morgan fingerprint density at radius 2 is 2.08 bits per heavy atom. The van der Waals surface area contributed by atoms with Gasteiger partial charge in [0.2, 0.25) is 5.56 Å². The molecule has 0 N–H and O–H groups in total. The molecule has 1 heterocycles. The third-order valence-electron chi connectivity index (χ3n) is 1.80. The first-order chi connectivity index (χ1) is 5.90. The molecule has 0 saturated heterocycles. The predicted molar refractivity (Wildman–Crippen MR) is 61.8 cm³/mol. The maximum absolute atomic E-state index is 11.5. The van der Waals surface area contributed by atoms with E-state index in [4.69, 9.17) is 0 Å². The molecule has 13 heavy (non-hydrogen) atoms. The number of aryl methyl sites for hydroxylation is 1. The van der Waals surface area contributed by atoms with Crippen molar-refractivity contribution >= 4 is 22.0 Å². The fourth-order valence-corrected chi connectivity index (χ4v) is 3.11. The summed E-state index contributed by atoms with van der Waals surface area (Å²) in [6.07, 6.45) is 0.832. The van der Waals surface area contributed by atoms with Crippen molar-refractivity contribution < 1.29 is 0 Å². The molecule has 0 aromatic carbocycles. The first-order valence-electron chi connectivity index (χ1n) is 4.25. The Hall–Kier alpha value is -0.353. The smallest absolute Gasteiger partial charge is 0.250 e. The van der Waals surface area contributed by atoms with Crippen LogP contribution in [0.3, 0.4) is 0 Å². The van der Waals surface area contributed by atoms with E-state index in [1.165, 1.54) is 0 Å². The molecule has 1 rings (SSSR count). The van der Waals surface area contributed by atoms with Gasteiger partial charge in [-0.05, 0) is 13.0 Å². The van der Waals surface area contributed by atoms with Crippen molar-refractivity contribution in [2.45, 2.75) is 26.2 Å². The highest BCUT2D eigenvalue weighted by atomic mass is 79.9. The second kappa shape index (κ2) is 3.80. The molecule has 2 nitrogen and oxygen atoms in total. The molecule has 0 aliphatic rings. The van der Waals surface area contributed by atoms with Crippen molar-refractivity contribution in [3.63, 3.8) is 0 Å². The van der Waals surface area contributed by atoms with Gasteiger partial charge in [-0.15, -0.1) is 15.3 Å². The molecular formula is C9H14BrNOSi. The molecule has 0 unspecified atom stereocenters. The Balaban J connectivity index is 3.08. The number of pyridine rings is 1. The van der Waals surface area contributed by atoms with Crippen LogP contribution in [0.2, 0.25) is 13.1 Å². The fraction of sp³-hybridized carbons (Fsp3) is 0.444. The number of halogens is 1. The molecule has 0 amide bonds. The second-order valence-electron chi connectivity index (χ2n) is 3.81. The Morgan fingerprint density at radius 1 is 1.46 bits per heavy atom. The quantitative estimate of drug-likeness (QED) is 0.590. The third-order valence-corrected chi connectivity index (χ3v) is 3.62. The molecule has 0 aliphatic carbocycles. The lowest BCUT2D eigenvalue weighted by molar-refractivity contribution is 0.779. The molecule has 72 valence electrons. The van der Waals surface area contributed by atoms with Crippen LogP contribution in [0.4, 0.5) is 0 Å². The Bertz CT molecular complexity index is 353. The normalized spacial score (nSPS) is 11.7. The van der Waals surface area contributed by atoms with E-state index in [1.54, 1.807) is 12.1 Å². The molecule has 1 aromatic heterocycles. The van der Waals surface area contributed by atoms with E-state index < -0.39 is 6.69 Å². The zero-order valence-corrected chi connectivity index (χ0v) is 10.8. The predicted octanol–water partition coefficient (Wildman–Crippen LogP) is 2.30. The van der Waals surface area contributed by atoms with E-state index >= 15 is 0 Å². The Morgan fingerprint density at radius 3 is 2.54 bits per heavy atom. The van der Waals surface area contributed by atoms with Gasteiger partial charge in [-0.2, -0.15) is 0 Å². The van der Waals surface area contributed by atoms with Crippen LogP contribution in [-0.4, -0.2) is 11.3 Å². The zero-order valence-electron chi connectivity index (χ0n) is 8.17. The minimum absolute atomic E-state index is 0.0972. The van der Waals surface area contributed by atoms with E-state index in [0.29, 0.717) is 0 Å². The first-order valence-corrected chi connectivity index (χ1v) is 9.72. The van der Waals surface area contributed by atoms with Gasteiger partial charge in [-0.3, -0.25) is 4.79 Å². The molecule has 0 bridgehead atoms. The Labute approximate surface area is 87.2 Å². The summed E-state index contributed by atoms with van der Waals surface area (Å²) in [6, 6.07) is 5.38. The molecule has 4 heteroatoms. The van der Waals surface area contributed by atoms with E-state index in [2.05, 4.69) is 28.4 Å². The summed E-state index contributed by atoms with van der Waals surface area (Å²) in [5.41, 5.74) is 1.13. The van der Waals surface area contributed by atoms with Gasteiger partial charge in [-0.25, -0.2) is 0 Å². The van der Waals surface area contributed by atoms with Gasteiger partial charge in [0.25, 0.3) is 0 Å². The van der Waals surface area contributed by atoms with Crippen molar-refractivity contribution in [1.29, 1.82) is 0 Å². The lowest BCUT2D eigenvalue weighted by Crippen LogP contribution is -2.32. The lowest BCUT2D eigenvalue weighted by atomic mass is 10.4. The van der Waals surface area contributed by atoms with Crippen LogP contribution in [0.25, 0.3) is 0 Å². The third kappa shape index (κ3) is 3.12. The summed E-state index contributed by atoms with van der Waals surface area (Å²) in [5, 5.41) is 0. The standard InChI is InChI=1S/C9H14BrNOSi/c1-8-5-4-6-9(12)11(8)7-13(2,3)10/h4-6H,7H2,1-3H3. The highest BCUT2D eigenvalue weighted by Crippen LogP contribution is 2.13. The zero-order chi connectivity index (χ0) is 10.1. The van der Waals surface area contributed by atoms with Crippen LogP contribution in [0, 0.1) is 6.92 Å². The summed E-state index contributed by atoms with van der Waals surface area (Å²) in [7, 11) is 0. The SMILES string of the molecule is Cc1cccc(=O)n1C[Si](C)(C)Br. The topological polar surface area (TPSA) is 22.0 Å². The fourth-order valence-electron chi connectivity index (χ4n) is 1.20. The van der Waals surface area contributed by atoms with Gasteiger partial charge in [0.1, 0.15) is 6.69 Å². The van der Waals surface area contributed by atoms with Crippen LogP contribution < -0.4 is 5.56 Å². The van der Waals surface area contributed by atoms with Crippen LogP contribution in [-0.2, 0) is 6.17 Å². The Kier molecular flexibility index (Phi) is 3.13. The van der Waals surface area contributed by atoms with Crippen LogP contribution >= 0.6 is 15.3 Å².